The molecule has 0 radical (unpaired) electrons. The molecule has 0 atom stereocenters. The van der Waals surface area contributed by atoms with E-state index in [4.69, 9.17) is 23.2 Å². The molecule has 0 saturated carbocycles. The normalized spacial score (nSPS) is 18.0. The van der Waals surface area contributed by atoms with Crippen LogP contribution < -0.4 is 0 Å². The molecule has 2 aromatic rings. The summed E-state index contributed by atoms with van der Waals surface area (Å²) in [4.78, 5) is -0.281. The number of sulfonamides is 1. The number of piperidine rings is 1. The molecule has 1 N–H and O–H groups in total. The van der Waals surface area contributed by atoms with E-state index >= 15 is 0 Å². The zero-order chi connectivity index (χ0) is 21.6. The third-order valence-electron chi connectivity index (χ3n) is 4.87. The van der Waals surface area contributed by atoms with E-state index in [1.165, 1.54) is 6.07 Å². The number of aliphatic hydroxyl groups is 1. The first-order valence-electron chi connectivity index (χ1n) is 8.39. The summed E-state index contributed by atoms with van der Waals surface area (Å²) in [6, 6.07) is 6.01. The monoisotopic (exact) mass is 471 g/mol. The SMILES string of the molecule is O=S(=O)(c1ccc(F)cc1Cl)N1CCC(O)(c2ccc(Cl)c(C(F)(F)F)c2)CC1. The molecule has 0 unspecified atom stereocenters. The van der Waals surface area contributed by atoms with Crippen LogP contribution in [0.15, 0.2) is 41.3 Å². The second-order valence-electron chi connectivity index (χ2n) is 6.70. The predicted molar refractivity (Wildman–Crippen MR) is 99.8 cm³/mol. The number of rotatable bonds is 3. The van der Waals surface area contributed by atoms with E-state index in [9.17, 15) is 31.1 Å². The van der Waals surface area contributed by atoms with Crippen LogP contribution in [0.5, 0.6) is 0 Å². The summed E-state index contributed by atoms with van der Waals surface area (Å²) in [5, 5.41) is 10.1. The smallest absolute Gasteiger partial charge is 0.385 e. The standard InChI is InChI=1S/C18H15Cl2F4NO3S/c19-14-3-1-11(9-13(14)18(22,23)24)17(26)5-7-25(8-6-17)29(27,28)16-4-2-12(21)10-15(16)20/h1-4,9-10,26H,5-8H2. The number of hydrogen-bond acceptors (Lipinski definition) is 3. The molecule has 1 aliphatic heterocycles. The summed E-state index contributed by atoms with van der Waals surface area (Å²) < 4.78 is 79.1. The van der Waals surface area contributed by atoms with Crippen LogP contribution >= 0.6 is 23.2 Å². The van der Waals surface area contributed by atoms with Crippen LogP contribution in [0, 0.1) is 5.82 Å². The van der Waals surface area contributed by atoms with E-state index in [2.05, 4.69) is 0 Å². The third-order valence-corrected chi connectivity index (χ3v) is 7.58. The molecule has 0 aromatic heterocycles. The van der Waals surface area contributed by atoms with Crippen LogP contribution in [0.1, 0.15) is 24.0 Å². The minimum absolute atomic E-state index is 0.00564. The van der Waals surface area contributed by atoms with E-state index in [0.717, 1.165) is 34.6 Å². The fourth-order valence-corrected chi connectivity index (χ4v) is 5.41. The number of hydrogen-bond donors (Lipinski definition) is 1. The highest BCUT2D eigenvalue weighted by Crippen LogP contribution is 2.40. The molecule has 3 rings (SSSR count). The lowest BCUT2D eigenvalue weighted by molar-refractivity contribution is -0.137. The first kappa shape index (κ1) is 22.3. The zero-order valence-corrected chi connectivity index (χ0v) is 17.0. The molecular weight excluding hydrogens is 457 g/mol. The minimum atomic E-state index is -4.69. The van der Waals surface area contributed by atoms with E-state index in [-0.39, 0.29) is 41.4 Å². The first-order valence-corrected chi connectivity index (χ1v) is 10.6. The summed E-state index contributed by atoms with van der Waals surface area (Å²) in [6.45, 7) is -0.312. The predicted octanol–water partition coefficient (Wildman–Crippen LogP) is 4.82. The minimum Gasteiger partial charge on any atom is -0.385 e. The van der Waals surface area contributed by atoms with Gasteiger partial charge in [-0.1, -0.05) is 29.3 Å². The summed E-state index contributed by atoms with van der Waals surface area (Å²) in [7, 11) is -4.06. The third kappa shape index (κ3) is 4.39. The quantitative estimate of drug-likeness (QED) is 0.652. The summed E-state index contributed by atoms with van der Waals surface area (Å²) in [6.07, 6.45) is -4.96. The molecule has 2 aromatic carbocycles. The maximum atomic E-state index is 13.2. The molecule has 4 nitrogen and oxygen atoms in total. The van der Waals surface area contributed by atoms with Gasteiger partial charge in [-0.05, 0) is 48.7 Å². The van der Waals surface area contributed by atoms with Crippen molar-refractivity contribution < 1.29 is 31.1 Å². The van der Waals surface area contributed by atoms with Gasteiger partial charge in [0.2, 0.25) is 10.0 Å². The van der Waals surface area contributed by atoms with Gasteiger partial charge in [0, 0.05) is 13.1 Å². The maximum Gasteiger partial charge on any atom is 0.417 e. The summed E-state index contributed by atoms with van der Waals surface area (Å²) in [5.41, 5.74) is -2.72. The number of benzene rings is 2. The van der Waals surface area contributed by atoms with E-state index in [1.54, 1.807) is 0 Å². The molecular formula is C18H15Cl2F4NO3S. The fraction of sp³-hybridized carbons (Fsp3) is 0.333. The van der Waals surface area contributed by atoms with Gasteiger partial charge in [0.1, 0.15) is 10.7 Å². The van der Waals surface area contributed by atoms with E-state index in [1.807, 2.05) is 0 Å². The molecule has 1 fully saturated rings. The second kappa shape index (κ2) is 7.70. The maximum absolute atomic E-state index is 13.2. The van der Waals surface area contributed by atoms with Crippen LogP contribution in [-0.2, 0) is 21.8 Å². The van der Waals surface area contributed by atoms with Crippen molar-refractivity contribution in [1.82, 2.24) is 4.31 Å². The molecule has 1 aliphatic rings. The van der Waals surface area contributed by atoms with Crippen molar-refractivity contribution >= 4 is 33.2 Å². The van der Waals surface area contributed by atoms with Crippen molar-refractivity contribution in [1.29, 1.82) is 0 Å². The number of alkyl halides is 3. The van der Waals surface area contributed by atoms with Gasteiger partial charge in [-0.15, -0.1) is 0 Å². The highest BCUT2D eigenvalue weighted by Gasteiger charge is 2.41. The van der Waals surface area contributed by atoms with Gasteiger partial charge >= 0.3 is 6.18 Å². The second-order valence-corrected chi connectivity index (χ2v) is 9.42. The lowest BCUT2D eigenvalue weighted by Gasteiger charge is -2.38. The molecule has 0 amide bonds. The average molecular weight is 472 g/mol. The van der Waals surface area contributed by atoms with Gasteiger partial charge in [-0.3, -0.25) is 0 Å². The van der Waals surface area contributed by atoms with Crippen LogP contribution in [-0.4, -0.2) is 30.9 Å². The van der Waals surface area contributed by atoms with Crippen LogP contribution in [0.4, 0.5) is 17.6 Å². The molecule has 11 heteroatoms. The van der Waals surface area contributed by atoms with Crippen LogP contribution in [0.3, 0.4) is 0 Å². The molecule has 1 saturated heterocycles. The van der Waals surface area contributed by atoms with Crippen LogP contribution in [0.2, 0.25) is 10.0 Å². The molecule has 29 heavy (non-hydrogen) atoms. The van der Waals surface area contributed by atoms with Crippen molar-refractivity contribution in [3.05, 3.63) is 63.4 Å². The lowest BCUT2D eigenvalue weighted by atomic mass is 9.84. The Balaban J connectivity index is 1.84. The average Bonchev–Trinajstić information content (AvgIpc) is 2.61. The van der Waals surface area contributed by atoms with Crippen molar-refractivity contribution in [2.75, 3.05) is 13.1 Å². The van der Waals surface area contributed by atoms with Crippen molar-refractivity contribution in [2.45, 2.75) is 29.5 Å². The molecule has 0 spiro atoms. The van der Waals surface area contributed by atoms with Crippen molar-refractivity contribution in [3.63, 3.8) is 0 Å². The van der Waals surface area contributed by atoms with Gasteiger partial charge in [-0.2, -0.15) is 17.5 Å². The fourth-order valence-electron chi connectivity index (χ4n) is 3.24. The first-order chi connectivity index (χ1) is 13.3. The van der Waals surface area contributed by atoms with E-state index < -0.39 is 38.2 Å². The Bertz CT molecular complexity index is 1040. The Morgan fingerprint density at radius 3 is 2.17 bits per heavy atom. The van der Waals surface area contributed by atoms with Crippen LogP contribution in [0.25, 0.3) is 0 Å². The molecule has 1 heterocycles. The molecule has 158 valence electrons. The number of nitrogens with zero attached hydrogens (tertiary/aromatic N) is 1. The van der Waals surface area contributed by atoms with E-state index in [0.29, 0.717) is 0 Å². The highest BCUT2D eigenvalue weighted by atomic mass is 35.5. The zero-order valence-electron chi connectivity index (χ0n) is 14.7. The molecule has 0 bridgehead atoms. The van der Waals surface area contributed by atoms with Gasteiger partial charge in [0.25, 0.3) is 0 Å². The largest absolute Gasteiger partial charge is 0.417 e. The van der Waals surface area contributed by atoms with Crippen molar-refractivity contribution in [2.24, 2.45) is 0 Å². The van der Waals surface area contributed by atoms with Gasteiger partial charge in [-0.25, -0.2) is 12.8 Å². The lowest BCUT2D eigenvalue weighted by Crippen LogP contribution is -2.45. The Kier molecular flexibility index (Phi) is 5.92. The Morgan fingerprint density at radius 2 is 1.62 bits per heavy atom. The Labute approximate surface area is 174 Å². The summed E-state index contributed by atoms with van der Waals surface area (Å²) in [5.74, 6) is -0.690. The number of halogens is 6. The summed E-state index contributed by atoms with van der Waals surface area (Å²) >= 11 is 11.5. The molecule has 0 aliphatic carbocycles. The van der Waals surface area contributed by atoms with Gasteiger partial charge in [0.15, 0.2) is 0 Å². The Morgan fingerprint density at radius 1 is 1.00 bits per heavy atom. The van der Waals surface area contributed by atoms with Crippen molar-refractivity contribution in [3.8, 4) is 0 Å². The Hall–Kier alpha value is -1.39. The highest BCUT2D eigenvalue weighted by molar-refractivity contribution is 7.89. The van der Waals surface area contributed by atoms with Gasteiger partial charge in [0.05, 0.1) is 21.2 Å². The topological polar surface area (TPSA) is 57.6 Å². The van der Waals surface area contributed by atoms with Gasteiger partial charge < -0.3 is 5.11 Å².